The number of primary amides is 1. The maximum absolute atomic E-state index is 14.7. The minimum absolute atomic E-state index is 0.0707. The Hall–Kier alpha value is -2.48. The van der Waals surface area contributed by atoms with Crippen LogP contribution in [0.3, 0.4) is 0 Å². The zero-order chi connectivity index (χ0) is 18.4. The molecule has 0 aliphatic carbocycles. The van der Waals surface area contributed by atoms with E-state index < -0.39 is 40.6 Å². The molecule has 0 aromatic heterocycles. The van der Waals surface area contributed by atoms with Gasteiger partial charge in [0.05, 0.1) is 5.69 Å². The third kappa shape index (κ3) is 2.48. The maximum atomic E-state index is 14.7. The number of carbonyl (C=O) groups excluding carboxylic acids is 2. The summed E-state index contributed by atoms with van der Waals surface area (Å²) >= 11 is 0.971. The van der Waals surface area contributed by atoms with E-state index in [-0.39, 0.29) is 16.8 Å². The first-order valence-electron chi connectivity index (χ1n) is 7.23. The molecule has 1 aliphatic heterocycles. The van der Waals surface area contributed by atoms with Crippen LogP contribution in [0.4, 0.5) is 18.9 Å². The van der Waals surface area contributed by atoms with Gasteiger partial charge in [-0.3, -0.25) is 9.59 Å². The molecule has 2 aromatic carbocycles. The molecule has 0 bridgehead atoms. The van der Waals surface area contributed by atoms with E-state index >= 15 is 0 Å². The summed E-state index contributed by atoms with van der Waals surface area (Å²) in [5.41, 5.74) is 5.35. The van der Waals surface area contributed by atoms with Crippen LogP contribution in [0.15, 0.2) is 36.4 Å². The molecule has 1 atom stereocenters. The van der Waals surface area contributed by atoms with Crippen molar-refractivity contribution in [1.29, 1.82) is 0 Å². The van der Waals surface area contributed by atoms with E-state index in [4.69, 9.17) is 5.73 Å². The van der Waals surface area contributed by atoms with Gasteiger partial charge < -0.3 is 10.6 Å². The summed E-state index contributed by atoms with van der Waals surface area (Å²) in [6, 6.07) is 7.06. The third-order valence-electron chi connectivity index (χ3n) is 4.13. The average Bonchev–Trinajstić information content (AvgIpc) is 2.81. The Balaban J connectivity index is 2.33. The molecule has 2 N–H and O–H groups in total. The molecule has 0 saturated carbocycles. The molecule has 4 nitrogen and oxygen atoms in total. The predicted molar refractivity (Wildman–Crippen MR) is 88.6 cm³/mol. The van der Waals surface area contributed by atoms with Crippen LogP contribution in [-0.2, 0) is 14.3 Å². The van der Waals surface area contributed by atoms with Gasteiger partial charge in [0.15, 0.2) is 11.6 Å². The van der Waals surface area contributed by atoms with Crippen molar-refractivity contribution in [3.63, 3.8) is 0 Å². The van der Waals surface area contributed by atoms with E-state index in [1.165, 1.54) is 18.2 Å². The Morgan fingerprint density at radius 3 is 2.36 bits per heavy atom. The lowest BCUT2D eigenvalue weighted by Crippen LogP contribution is -2.42. The van der Waals surface area contributed by atoms with Crippen molar-refractivity contribution >= 4 is 29.3 Å². The van der Waals surface area contributed by atoms with Crippen LogP contribution >= 0.6 is 11.8 Å². The van der Waals surface area contributed by atoms with Gasteiger partial charge in [-0.1, -0.05) is 12.1 Å². The van der Waals surface area contributed by atoms with Crippen molar-refractivity contribution in [3.05, 3.63) is 65.0 Å². The van der Waals surface area contributed by atoms with Gasteiger partial charge in [0, 0.05) is 5.56 Å². The molecule has 0 fully saturated rings. The van der Waals surface area contributed by atoms with Gasteiger partial charge in [0.2, 0.25) is 5.91 Å². The van der Waals surface area contributed by atoms with E-state index in [2.05, 4.69) is 0 Å². The topological polar surface area (TPSA) is 63.4 Å². The molecule has 1 heterocycles. The molecule has 2 amide bonds. The van der Waals surface area contributed by atoms with E-state index in [0.717, 1.165) is 34.9 Å². The Bertz CT molecular complexity index is 873. The number of rotatable bonds is 4. The fraction of sp³-hybridized carbons (Fsp3) is 0.176. The number of nitrogens with zero attached hydrogens (tertiary/aromatic N) is 1. The lowest BCUT2D eigenvalue weighted by Gasteiger charge is -2.27. The highest BCUT2D eigenvalue weighted by atomic mass is 32.2. The SMILES string of the molecule is CS[C@]1(c2ccc(F)cc2)C(=O)N(CC(N)=O)c2ccc(F)c(F)c21. The molecule has 0 saturated heterocycles. The first-order chi connectivity index (χ1) is 11.8. The van der Waals surface area contributed by atoms with E-state index in [1.54, 1.807) is 6.26 Å². The van der Waals surface area contributed by atoms with Crippen molar-refractivity contribution in [2.24, 2.45) is 5.73 Å². The Labute approximate surface area is 145 Å². The maximum Gasteiger partial charge on any atom is 0.252 e. The van der Waals surface area contributed by atoms with Crippen LogP contribution in [0.25, 0.3) is 0 Å². The number of fused-ring (bicyclic) bond motifs is 1. The number of amides is 2. The van der Waals surface area contributed by atoms with Crippen molar-refractivity contribution in [1.82, 2.24) is 0 Å². The van der Waals surface area contributed by atoms with Crippen LogP contribution in [0.1, 0.15) is 11.1 Å². The van der Waals surface area contributed by atoms with Gasteiger partial charge in [0.25, 0.3) is 5.91 Å². The molecule has 25 heavy (non-hydrogen) atoms. The van der Waals surface area contributed by atoms with Crippen LogP contribution < -0.4 is 10.6 Å². The highest BCUT2D eigenvalue weighted by Crippen LogP contribution is 2.53. The lowest BCUT2D eigenvalue weighted by molar-refractivity contribution is -0.122. The number of thioether (sulfide) groups is 1. The van der Waals surface area contributed by atoms with E-state index in [0.29, 0.717) is 0 Å². The summed E-state index contributed by atoms with van der Waals surface area (Å²) in [7, 11) is 0. The van der Waals surface area contributed by atoms with E-state index in [1.807, 2.05) is 0 Å². The summed E-state index contributed by atoms with van der Waals surface area (Å²) in [5, 5.41) is 0. The summed E-state index contributed by atoms with van der Waals surface area (Å²) in [4.78, 5) is 25.5. The number of anilines is 1. The second kappa shape index (κ2) is 6.11. The quantitative estimate of drug-likeness (QED) is 0.905. The van der Waals surface area contributed by atoms with Crippen molar-refractivity contribution in [2.75, 3.05) is 17.7 Å². The molecule has 2 aromatic rings. The standard InChI is InChI=1S/C17H13F3N2O2S/c1-25-17(9-2-4-10(18)5-3-9)14-12(7-6-11(19)15(14)20)22(16(17)24)8-13(21)23/h2-7H,8H2,1H3,(H2,21,23)/t17-/m0/s1. The second-order valence-electron chi connectivity index (χ2n) is 5.51. The van der Waals surface area contributed by atoms with Crippen LogP contribution in [0.2, 0.25) is 0 Å². The molecule has 8 heteroatoms. The number of benzene rings is 2. The average molecular weight is 366 g/mol. The molecule has 0 spiro atoms. The molecule has 0 unspecified atom stereocenters. The zero-order valence-corrected chi connectivity index (χ0v) is 13.9. The number of hydrogen-bond acceptors (Lipinski definition) is 3. The monoisotopic (exact) mass is 366 g/mol. The molecular formula is C17H13F3N2O2S. The van der Waals surface area contributed by atoms with Crippen molar-refractivity contribution in [3.8, 4) is 0 Å². The smallest absolute Gasteiger partial charge is 0.252 e. The molecule has 130 valence electrons. The Morgan fingerprint density at radius 2 is 1.80 bits per heavy atom. The minimum Gasteiger partial charge on any atom is -0.368 e. The summed E-state index contributed by atoms with van der Waals surface area (Å²) in [5.74, 6) is -4.26. The third-order valence-corrected chi connectivity index (χ3v) is 5.36. The minimum atomic E-state index is -1.63. The van der Waals surface area contributed by atoms with Gasteiger partial charge in [-0.2, -0.15) is 0 Å². The summed E-state index contributed by atoms with van der Waals surface area (Å²) in [6.07, 6.45) is 1.56. The number of carbonyl (C=O) groups is 2. The van der Waals surface area contributed by atoms with Crippen LogP contribution in [-0.4, -0.2) is 24.6 Å². The first kappa shape index (κ1) is 17.3. The molecule has 0 radical (unpaired) electrons. The Kier molecular flexibility index (Phi) is 4.24. The number of halogens is 3. The molecule has 3 rings (SSSR count). The van der Waals surface area contributed by atoms with Gasteiger partial charge in [-0.25, -0.2) is 13.2 Å². The summed E-state index contributed by atoms with van der Waals surface area (Å²) < 4.78 is 40.2. The molecular weight excluding hydrogens is 353 g/mol. The van der Waals surface area contributed by atoms with Crippen LogP contribution in [0.5, 0.6) is 0 Å². The Morgan fingerprint density at radius 1 is 1.16 bits per heavy atom. The van der Waals surface area contributed by atoms with Gasteiger partial charge in [-0.05, 0) is 36.1 Å². The fourth-order valence-electron chi connectivity index (χ4n) is 3.08. The van der Waals surface area contributed by atoms with E-state index in [9.17, 15) is 22.8 Å². The van der Waals surface area contributed by atoms with Gasteiger partial charge in [0.1, 0.15) is 17.1 Å². The fourth-order valence-corrected chi connectivity index (χ4v) is 4.13. The van der Waals surface area contributed by atoms with Crippen molar-refractivity contribution < 1.29 is 22.8 Å². The first-order valence-corrected chi connectivity index (χ1v) is 8.45. The van der Waals surface area contributed by atoms with Gasteiger partial charge >= 0.3 is 0 Å². The normalized spacial score (nSPS) is 19.2. The summed E-state index contributed by atoms with van der Waals surface area (Å²) in [6.45, 7) is -0.472. The highest BCUT2D eigenvalue weighted by Gasteiger charge is 2.54. The van der Waals surface area contributed by atoms with Gasteiger partial charge in [-0.15, -0.1) is 11.8 Å². The molecule has 1 aliphatic rings. The number of nitrogens with two attached hydrogens (primary N) is 1. The number of hydrogen-bond donors (Lipinski definition) is 1. The zero-order valence-electron chi connectivity index (χ0n) is 13.1. The van der Waals surface area contributed by atoms with Crippen LogP contribution in [0, 0.1) is 17.5 Å². The largest absolute Gasteiger partial charge is 0.368 e. The van der Waals surface area contributed by atoms with Crippen molar-refractivity contribution in [2.45, 2.75) is 4.75 Å². The second-order valence-corrected chi connectivity index (χ2v) is 6.53. The predicted octanol–water partition coefficient (Wildman–Crippen LogP) is 2.54. The highest BCUT2D eigenvalue weighted by molar-refractivity contribution is 8.00. The lowest BCUT2D eigenvalue weighted by atomic mass is 9.90.